The number of rotatable bonds is 7. The van der Waals surface area contributed by atoms with Crippen molar-refractivity contribution in [3.05, 3.63) is 70.3 Å². The Morgan fingerprint density at radius 2 is 2.00 bits per heavy atom. The first-order valence-electron chi connectivity index (χ1n) is 15.4. The molecular weight excluding hydrogens is 588 g/mol. The number of hydrogen-bond acceptors (Lipinski definition) is 6. The van der Waals surface area contributed by atoms with E-state index < -0.39 is 27.3 Å². The molecular formula is C33H41ClN2O6S. The molecule has 6 atom stereocenters. The van der Waals surface area contributed by atoms with Crippen molar-refractivity contribution in [2.24, 2.45) is 22.9 Å². The molecule has 0 saturated heterocycles. The average Bonchev–Trinajstić information content (AvgIpc) is 3.10. The molecule has 10 heteroatoms. The molecule has 43 heavy (non-hydrogen) atoms. The maximum Gasteiger partial charge on any atom is 0.335 e. The second kappa shape index (κ2) is 12.1. The molecule has 1 aliphatic heterocycles. The van der Waals surface area contributed by atoms with E-state index in [0.717, 1.165) is 55.7 Å². The van der Waals surface area contributed by atoms with Crippen molar-refractivity contribution in [1.29, 1.82) is 0 Å². The Hall–Kier alpha value is -2.59. The van der Waals surface area contributed by atoms with Crippen LogP contribution in [0, 0.1) is 17.8 Å². The van der Waals surface area contributed by atoms with Crippen LogP contribution < -0.4 is 14.8 Å². The van der Waals surface area contributed by atoms with Crippen LogP contribution in [-0.2, 0) is 21.9 Å². The summed E-state index contributed by atoms with van der Waals surface area (Å²) in [5, 5.41) is 26.6. The largest absolute Gasteiger partial charge is 0.490 e. The summed E-state index contributed by atoms with van der Waals surface area (Å²) in [5.41, 5.74) is 3.23. The van der Waals surface area contributed by atoms with E-state index in [-0.39, 0.29) is 28.7 Å². The predicted molar refractivity (Wildman–Crippen MR) is 167 cm³/mol. The zero-order valence-corrected chi connectivity index (χ0v) is 25.9. The number of primary sulfonamides is 1. The molecule has 8 nitrogen and oxygen atoms in total. The molecule has 0 amide bonds. The summed E-state index contributed by atoms with van der Waals surface area (Å²) in [6.45, 7) is 1.86. The van der Waals surface area contributed by atoms with Crippen LogP contribution in [0.2, 0.25) is 5.02 Å². The van der Waals surface area contributed by atoms with Crippen LogP contribution >= 0.6 is 11.6 Å². The van der Waals surface area contributed by atoms with Crippen LogP contribution in [0.15, 0.2) is 48.6 Å². The van der Waals surface area contributed by atoms with E-state index in [9.17, 15) is 23.4 Å². The van der Waals surface area contributed by atoms with E-state index in [4.69, 9.17) is 21.5 Å². The van der Waals surface area contributed by atoms with Gasteiger partial charge in [-0.3, -0.25) is 0 Å². The van der Waals surface area contributed by atoms with Crippen LogP contribution in [0.1, 0.15) is 72.9 Å². The van der Waals surface area contributed by atoms with Gasteiger partial charge in [0.15, 0.2) is 0 Å². The summed E-state index contributed by atoms with van der Waals surface area (Å²) in [6, 6.07) is 11.2. The number of carbonyl (C=O) groups is 1. The second-order valence-electron chi connectivity index (χ2n) is 13.1. The minimum absolute atomic E-state index is 0.0672. The Kier molecular flexibility index (Phi) is 8.54. The Balaban J connectivity index is 1.24. The minimum atomic E-state index is -3.56. The number of allylic oxidation sites excluding steroid dienone is 1. The van der Waals surface area contributed by atoms with Gasteiger partial charge in [0, 0.05) is 23.5 Å². The van der Waals surface area contributed by atoms with Crippen molar-refractivity contribution < 1.29 is 28.2 Å². The number of nitrogens with two attached hydrogens (primary N) is 1. The molecule has 0 aromatic heterocycles. The van der Waals surface area contributed by atoms with Crippen LogP contribution in [-0.4, -0.2) is 55.7 Å². The first-order valence-corrected chi connectivity index (χ1v) is 17.4. The number of hydrogen-bond donors (Lipinski definition) is 3. The van der Waals surface area contributed by atoms with Crippen molar-refractivity contribution >= 4 is 33.3 Å². The fraction of sp³-hybridized carbons (Fsp3) is 0.545. The van der Waals surface area contributed by atoms with Gasteiger partial charge in [0.1, 0.15) is 5.75 Å². The monoisotopic (exact) mass is 628 g/mol. The Morgan fingerprint density at radius 1 is 1.16 bits per heavy atom. The van der Waals surface area contributed by atoms with Gasteiger partial charge in [0.25, 0.3) is 0 Å². The normalized spacial score (nSPS) is 29.7. The maximum absolute atomic E-state index is 11.9. The summed E-state index contributed by atoms with van der Waals surface area (Å²) in [7, 11) is -3.56. The lowest BCUT2D eigenvalue weighted by Gasteiger charge is -2.45. The molecule has 2 fully saturated rings. The van der Waals surface area contributed by atoms with Crippen molar-refractivity contribution in [1.82, 2.24) is 0 Å². The molecule has 0 bridgehead atoms. The van der Waals surface area contributed by atoms with Gasteiger partial charge in [-0.05, 0) is 111 Å². The molecule has 1 heterocycles. The van der Waals surface area contributed by atoms with Gasteiger partial charge in [0.2, 0.25) is 10.0 Å². The number of carboxylic acid groups (broad SMARTS) is 1. The van der Waals surface area contributed by atoms with Crippen LogP contribution in [0.25, 0.3) is 0 Å². The number of fused-ring (bicyclic) bond motifs is 3. The van der Waals surface area contributed by atoms with Gasteiger partial charge >= 0.3 is 5.97 Å². The number of nitrogens with zero attached hydrogens (tertiary/aromatic N) is 1. The second-order valence-corrected chi connectivity index (χ2v) is 15.4. The Labute approximate surface area is 258 Å². The Bertz CT molecular complexity index is 1510. The number of halogens is 1. The van der Waals surface area contributed by atoms with Gasteiger partial charge < -0.3 is 19.8 Å². The number of aryl methyl sites for hydroxylation is 1. The lowest BCUT2D eigenvalue weighted by molar-refractivity contribution is 0.0453. The van der Waals surface area contributed by atoms with E-state index in [1.165, 1.54) is 11.1 Å². The number of benzene rings is 2. The molecule has 3 aliphatic carbocycles. The number of sulfonamides is 1. The molecule has 6 rings (SSSR count). The lowest BCUT2D eigenvalue weighted by atomic mass is 9.68. The summed E-state index contributed by atoms with van der Waals surface area (Å²) >= 11 is 6.37. The first kappa shape index (κ1) is 30.4. The molecule has 1 spiro atoms. The van der Waals surface area contributed by atoms with E-state index >= 15 is 0 Å². The zero-order valence-electron chi connectivity index (χ0n) is 24.3. The molecule has 232 valence electrons. The minimum Gasteiger partial charge on any atom is -0.490 e. The summed E-state index contributed by atoms with van der Waals surface area (Å²) in [5.74, 6) is 0.0781. The summed E-state index contributed by atoms with van der Waals surface area (Å²) in [4.78, 5) is 14.2. The summed E-state index contributed by atoms with van der Waals surface area (Å²) in [6.07, 6.45) is 10.8. The topological polar surface area (TPSA) is 130 Å². The predicted octanol–water partition coefficient (Wildman–Crippen LogP) is 5.30. The van der Waals surface area contributed by atoms with Crippen molar-refractivity contribution in [2.75, 3.05) is 24.6 Å². The highest BCUT2D eigenvalue weighted by Crippen LogP contribution is 2.46. The van der Waals surface area contributed by atoms with Crippen LogP contribution in [0.4, 0.5) is 5.69 Å². The molecule has 4 aliphatic rings. The average molecular weight is 629 g/mol. The SMILES string of the molecule is NS(=O)(=O)[C@@H]1CCC[C@H](/C=C/[C@H](O)[C@@H]2CC[C@H]2CN2C[C@@]3(CCCc4cc(Cl)ccc43)COc3ccc(C(=O)O)cc32)C1. The third-order valence-electron chi connectivity index (χ3n) is 10.4. The number of aromatic carboxylic acids is 1. The van der Waals surface area contributed by atoms with Gasteiger partial charge in [0.05, 0.1) is 29.2 Å². The third-order valence-corrected chi connectivity index (χ3v) is 12.0. The van der Waals surface area contributed by atoms with Crippen molar-refractivity contribution in [3.63, 3.8) is 0 Å². The van der Waals surface area contributed by atoms with Gasteiger partial charge in [-0.2, -0.15) is 0 Å². The van der Waals surface area contributed by atoms with E-state index in [1.807, 2.05) is 18.2 Å². The van der Waals surface area contributed by atoms with Crippen molar-refractivity contribution in [2.45, 2.75) is 74.6 Å². The van der Waals surface area contributed by atoms with E-state index in [0.29, 0.717) is 38.3 Å². The summed E-state index contributed by atoms with van der Waals surface area (Å²) < 4.78 is 30.2. The molecule has 2 saturated carbocycles. The first-order chi connectivity index (χ1) is 20.5. The number of aliphatic hydroxyl groups excluding tert-OH is 1. The number of aliphatic hydroxyl groups is 1. The quantitative estimate of drug-likeness (QED) is 0.355. The maximum atomic E-state index is 11.9. The standard InChI is InChI=1S/C33H41ClN2O6S/c34-25-9-11-28-22(16-25)4-2-14-33(28)19-36(29-17-23(32(38)39)8-13-31(29)42-20-33)18-24-7-10-27(24)30(37)12-6-21-3-1-5-26(15-21)43(35,40)41/h6,8-9,11-13,16-17,21,24,26-27,30,37H,1-5,7,10,14-15,18-20H2,(H,38,39)(H2,35,40,41)/b12-6+/t21-,24+,26-,27-,30+,33+/m1/s1. The molecule has 0 radical (unpaired) electrons. The highest BCUT2D eigenvalue weighted by atomic mass is 35.5. The molecule has 0 unspecified atom stereocenters. The lowest BCUT2D eigenvalue weighted by Crippen LogP contribution is -2.49. The number of anilines is 1. The fourth-order valence-corrected chi connectivity index (χ4v) is 9.07. The Morgan fingerprint density at radius 3 is 2.74 bits per heavy atom. The highest BCUT2D eigenvalue weighted by molar-refractivity contribution is 7.89. The zero-order chi connectivity index (χ0) is 30.4. The molecule has 4 N–H and O–H groups in total. The van der Waals surface area contributed by atoms with Crippen LogP contribution in [0.3, 0.4) is 0 Å². The smallest absolute Gasteiger partial charge is 0.335 e. The highest BCUT2D eigenvalue weighted by Gasteiger charge is 2.44. The number of carboxylic acids is 1. The van der Waals surface area contributed by atoms with Gasteiger partial charge in [-0.1, -0.05) is 36.2 Å². The molecule has 2 aromatic carbocycles. The van der Waals surface area contributed by atoms with Crippen LogP contribution in [0.5, 0.6) is 5.75 Å². The van der Waals surface area contributed by atoms with Crippen molar-refractivity contribution in [3.8, 4) is 5.75 Å². The van der Waals surface area contributed by atoms with E-state index in [1.54, 1.807) is 18.2 Å². The molecule has 2 aromatic rings. The third kappa shape index (κ3) is 6.32. The fourth-order valence-electron chi connectivity index (χ4n) is 7.87. The van der Waals surface area contributed by atoms with E-state index in [2.05, 4.69) is 17.0 Å². The van der Waals surface area contributed by atoms with Gasteiger partial charge in [-0.25, -0.2) is 18.4 Å². The van der Waals surface area contributed by atoms with Gasteiger partial charge in [-0.15, -0.1) is 0 Å². The number of ether oxygens (including phenoxy) is 1.